The number of carbonyl (C=O) groups excluding carboxylic acids is 2. The number of hydrogen-bond acceptors (Lipinski definition) is 7. The standard InChI is InChI=1S/C10H19N3O5/c1-6(14)9(12-10(16)18-2)8(15)4-3-7(5-11)13-17/h6,9,14,17H,3-5,11H2,1-2H3,(H,12,16). The highest BCUT2D eigenvalue weighted by Crippen LogP contribution is 2.03. The lowest BCUT2D eigenvalue weighted by Crippen LogP contribution is -2.47. The predicted octanol–water partition coefficient (Wildman–Crippen LogP) is -0.770. The number of ketones is 1. The van der Waals surface area contributed by atoms with Gasteiger partial charge in [0.25, 0.3) is 0 Å². The maximum absolute atomic E-state index is 11.8. The van der Waals surface area contributed by atoms with Crippen LogP contribution in [-0.4, -0.2) is 53.7 Å². The molecule has 8 heteroatoms. The molecule has 5 N–H and O–H groups in total. The number of aliphatic hydroxyl groups is 1. The molecule has 104 valence electrons. The lowest BCUT2D eigenvalue weighted by molar-refractivity contribution is -0.123. The fourth-order valence-electron chi connectivity index (χ4n) is 1.27. The lowest BCUT2D eigenvalue weighted by Gasteiger charge is -2.19. The normalized spacial score (nSPS) is 14.8. The van der Waals surface area contributed by atoms with Crippen molar-refractivity contribution >= 4 is 17.6 Å². The second-order valence-electron chi connectivity index (χ2n) is 3.69. The first-order chi connectivity index (χ1) is 8.46. The minimum absolute atomic E-state index is 0.00382. The number of alkyl carbamates (subject to hydrolysis) is 1. The van der Waals surface area contributed by atoms with E-state index in [9.17, 15) is 14.7 Å². The molecule has 8 nitrogen and oxygen atoms in total. The van der Waals surface area contributed by atoms with E-state index in [-0.39, 0.29) is 25.1 Å². The van der Waals surface area contributed by atoms with Crippen molar-refractivity contribution in [2.45, 2.75) is 31.9 Å². The maximum Gasteiger partial charge on any atom is 0.407 e. The molecule has 0 rings (SSSR count). The third kappa shape index (κ3) is 5.60. The van der Waals surface area contributed by atoms with E-state index in [1.165, 1.54) is 6.92 Å². The molecular weight excluding hydrogens is 242 g/mol. The fourth-order valence-corrected chi connectivity index (χ4v) is 1.27. The summed E-state index contributed by atoms with van der Waals surface area (Å²) >= 11 is 0. The van der Waals surface area contributed by atoms with Crippen LogP contribution >= 0.6 is 0 Å². The Kier molecular flexibility index (Phi) is 7.64. The van der Waals surface area contributed by atoms with Gasteiger partial charge in [-0.2, -0.15) is 0 Å². The highest BCUT2D eigenvalue weighted by molar-refractivity contribution is 5.93. The third-order valence-electron chi connectivity index (χ3n) is 2.33. The summed E-state index contributed by atoms with van der Waals surface area (Å²) in [5.41, 5.74) is 5.54. The van der Waals surface area contributed by atoms with Crippen LogP contribution in [0.3, 0.4) is 0 Å². The quantitative estimate of drug-likeness (QED) is 0.270. The van der Waals surface area contributed by atoms with Crippen LogP contribution in [0, 0.1) is 0 Å². The predicted molar refractivity (Wildman–Crippen MR) is 63.5 cm³/mol. The Morgan fingerprint density at radius 1 is 1.44 bits per heavy atom. The topological polar surface area (TPSA) is 134 Å². The first-order valence-electron chi connectivity index (χ1n) is 5.41. The number of methoxy groups -OCH3 is 1. The number of aliphatic hydroxyl groups excluding tert-OH is 1. The van der Waals surface area contributed by atoms with Crippen LogP contribution in [0.25, 0.3) is 0 Å². The van der Waals surface area contributed by atoms with Crippen LogP contribution in [0.1, 0.15) is 19.8 Å². The highest BCUT2D eigenvalue weighted by atomic mass is 16.5. The van der Waals surface area contributed by atoms with Crippen LogP contribution in [-0.2, 0) is 9.53 Å². The molecule has 0 aromatic carbocycles. The Balaban J connectivity index is 4.44. The van der Waals surface area contributed by atoms with Gasteiger partial charge in [0, 0.05) is 13.0 Å². The number of amides is 1. The molecule has 0 heterocycles. The van der Waals surface area contributed by atoms with Crippen molar-refractivity contribution in [2.75, 3.05) is 13.7 Å². The van der Waals surface area contributed by atoms with Crippen LogP contribution in [0.15, 0.2) is 5.16 Å². The minimum atomic E-state index is -1.06. The van der Waals surface area contributed by atoms with Gasteiger partial charge in [-0.15, -0.1) is 0 Å². The van der Waals surface area contributed by atoms with Crippen LogP contribution in [0.5, 0.6) is 0 Å². The van der Waals surface area contributed by atoms with E-state index < -0.39 is 24.0 Å². The van der Waals surface area contributed by atoms with Crippen molar-refractivity contribution in [2.24, 2.45) is 10.9 Å². The average molecular weight is 261 g/mol. The molecule has 0 saturated heterocycles. The van der Waals surface area contributed by atoms with E-state index in [1.54, 1.807) is 0 Å². The SMILES string of the molecule is COC(=O)NC(C(=O)CCC(CN)=NO)C(C)O. The van der Waals surface area contributed by atoms with Crippen LogP contribution in [0.4, 0.5) is 4.79 Å². The van der Waals surface area contributed by atoms with Gasteiger partial charge in [-0.25, -0.2) is 4.79 Å². The number of Topliss-reactive ketones (excluding diaryl/α,β-unsaturated/α-hetero) is 1. The summed E-state index contributed by atoms with van der Waals surface area (Å²) in [7, 11) is 1.16. The summed E-state index contributed by atoms with van der Waals surface area (Å²) in [5.74, 6) is -0.398. The summed E-state index contributed by atoms with van der Waals surface area (Å²) in [6.07, 6.45) is -1.69. The van der Waals surface area contributed by atoms with Gasteiger partial charge in [0.15, 0.2) is 5.78 Å². The first-order valence-corrected chi connectivity index (χ1v) is 5.41. The Hall–Kier alpha value is -1.67. The molecule has 2 unspecified atom stereocenters. The van der Waals surface area contributed by atoms with E-state index in [2.05, 4.69) is 15.2 Å². The second kappa shape index (κ2) is 8.43. The molecule has 0 radical (unpaired) electrons. The molecule has 0 aromatic rings. The fraction of sp³-hybridized carbons (Fsp3) is 0.700. The number of hydrogen-bond donors (Lipinski definition) is 4. The molecule has 1 amide bonds. The Morgan fingerprint density at radius 2 is 2.06 bits per heavy atom. The molecule has 0 fully saturated rings. The molecule has 0 saturated carbocycles. The van der Waals surface area contributed by atoms with Crippen molar-refractivity contribution in [3.8, 4) is 0 Å². The number of nitrogens with zero attached hydrogens (tertiary/aromatic N) is 1. The van der Waals surface area contributed by atoms with E-state index in [4.69, 9.17) is 10.9 Å². The van der Waals surface area contributed by atoms with Gasteiger partial charge in [0.05, 0.1) is 18.9 Å². The monoisotopic (exact) mass is 261 g/mol. The number of oxime groups is 1. The van der Waals surface area contributed by atoms with Gasteiger partial charge in [-0.1, -0.05) is 5.16 Å². The van der Waals surface area contributed by atoms with Gasteiger partial charge in [0.1, 0.15) is 6.04 Å². The minimum Gasteiger partial charge on any atom is -0.453 e. The molecule has 2 atom stereocenters. The van der Waals surface area contributed by atoms with Gasteiger partial charge in [0.2, 0.25) is 0 Å². The molecule has 0 aliphatic rings. The molecule has 0 spiro atoms. The number of rotatable bonds is 7. The number of nitrogens with one attached hydrogen (secondary N) is 1. The number of carbonyl (C=O) groups is 2. The smallest absolute Gasteiger partial charge is 0.407 e. The largest absolute Gasteiger partial charge is 0.453 e. The molecule has 0 aromatic heterocycles. The molecule has 18 heavy (non-hydrogen) atoms. The van der Waals surface area contributed by atoms with Crippen molar-refractivity contribution in [1.29, 1.82) is 0 Å². The molecule has 0 aliphatic carbocycles. The summed E-state index contributed by atoms with van der Waals surface area (Å²) in [4.78, 5) is 22.8. The van der Waals surface area contributed by atoms with Crippen molar-refractivity contribution in [1.82, 2.24) is 5.32 Å². The average Bonchev–Trinajstić information content (AvgIpc) is 2.36. The zero-order chi connectivity index (χ0) is 14.1. The first kappa shape index (κ1) is 16.3. The Labute approximate surface area is 105 Å². The van der Waals surface area contributed by atoms with Crippen LogP contribution in [0.2, 0.25) is 0 Å². The highest BCUT2D eigenvalue weighted by Gasteiger charge is 2.25. The second-order valence-corrected chi connectivity index (χ2v) is 3.69. The summed E-state index contributed by atoms with van der Waals surface area (Å²) in [6.45, 7) is 1.41. The molecular formula is C10H19N3O5. The number of ether oxygens (including phenoxy) is 1. The Morgan fingerprint density at radius 3 is 2.44 bits per heavy atom. The van der Waals surface area contributed by atoms with Crippen molar-refractivity contribution < 1.29 is 24.6 Å². The third-order valence-corrected chi connectivity index (χ3v) is 2.33. The van der Waals surface area contributed by atoms with E-state index in [1.807, 2.05) is 0 Å². The van der Waals surface area contributed by atoms with Gasteiger partial charge in [-0.05, 0) is 13.3 Å². The maximum atomic E-state index is 11.8. The summed E-state index contributed by atoms with van der Waals surface area (Å²) in [6, 6.07) is -1.06. The van der Waals surface area contributed by atoms with Gasteiger partial charge >= 0.3 is 6.09 Å². The lowest BCUT2D eigenvalue weighted by atomic mass is 10.0. The van der Waals surface area contributed by atoms with E-state index >= 15 is 0 Å². The zero-order valence-electron chi connectivity index (χ0n) is 10.4. The van der Waals surface area contributed by atoms with E-state index in [0.717, 1.165) is 7.11 Å². The molecule has 0 aliphatic heterocycles. The van der Waals surface area contributed by atoms with E-state index in [0.29, 0.717) is 0 Å². The summed E-state index contributed by atoms with van der Waals surface area (Å²) in [5, 5.41) is 23.1. The van der Waals surface area contributed by atoms with Crippen molar-refractivity contribution in [3.63, 3.8) is 0 Å². The molecule has 0 bridgehead atoms. The van der Waals surface area contributed by atoms with Crippen LogP contribution < -0.4 is 11.1 Å². The van der Waals surface area contributed by atoms with Crippen molar-refractivity contribution in [3.05, 3.63) is 0 Å². The zero-order valence-corrected chi connectivity index (χ0v) is 10.4. The van der Waals surface area contributed by atoms with Gasteiger partial charge in [-0.3, -0.25) is 4.79 Å². The summed E-state index contributed by atoms with van der Waals surface area (Å²) < 4.78 is 4.35. The van der Waals surface area contributed by atoms with Gasteiger partial charge < -0.3 is 26.1 Å². The number of nitrogens with two attached hydrogens (primary N) is 1. The Bertz CT molecular complexity index is 317.